The zero-order valence-electron chi connectivity index (χ0n) is 7.77. The second kappa shape index (κ2) is 4.39. The van der Waals surface area contributed by atoms with Crippen LogP contribution in [0.15, 0.2) is 23.4 Å². The molecular formula is C8H12N2O3S. The van der Waals surface area contributed by atoms with Gasteiger partial charge in [0.15, 0.2) is 0 Å². The molecule has 0 unspecified atom stereocenters. The van der Waals surface area contributed by atoms with E-state index in [1.165, 1.54) is 12.3 Å². The summed E-state index contributed by atoms with van der Waals surface area (Å²) in [6.45, 7) is 2.61. The van der Waals surface area contributed by atoms with E-state index < -0.39 is 10.1 Å². The summed E-state index contributed by atoms with van der Waals surface area (Å²) in [6, 6.07) is 1.51. The van der Waals surface area contributed by atoms with Crippen molar-refractivity contribution in [3.8, 4) is 0 Å². The summed E-state index contributed by atoms with van der Waals surface area (Å²) in [5.74, 6) is 0. The SMILES string of the molecule is CCCNc1ccncc1S(=O)(=O)O. The number of aromatic nitrogens is 1. The molecule has 14 heavy (non-hydrogen) atoms. The molecule has 2 N–H and O–H groups in total. The van der Waals surface area contributed by atoms with E-state index in [0.29, 0.717) is 12.2 Å². The van der Waals surface area contributed by atoms with E-state index in [0.717, 1.165) is 12.6 Å². The molecule has 0 spiro atoms. The van der Waals surface area contributed by atoms with E-state index >= 15 is 0 Å². The smallest absolute Gasteiger partial charge is 0.298 e. The standard InChI is InChI=1S/C8H12N2O3S/c1-2-4-10-7-3-5-9-6-8(7)14(11,12)13/h3,5-6H,2,4H2,1H3,(H,9,10)(H,11,12,13). The van der Waals surface area contributed by atoms with Crippen molar-refractivity contribution >= 4 is 15.8 Å². The van der Waals surface area contributed by atoms with Crippen molar-refractivity contribution in [3.63, 3.8) is 0 Å². The third-order valence-electron chi connectivity index (χ3n) is 1.63. The first-order valence-electron chi connectivity index (χ1n) is 4.21. The zero-order chi connectivity index (χ0) is 10.6. The molecule has 0 amide bonds. The van der Waals surface area contributed by atoms with Gasteiger partial charge in [0.1, 0.15) is 4.90 Å². The van der Waals surface area contributed by atoms with Crippen LogP contribution in [0.2, 0.25) is 0 Å². The zero-order valence-corrected chi connectivity index (χ0v) is 8.58. The Morgan fingerprint density at radius 1 is 1.57 bits per heavy atom. The second-order valence-corrected chi connectivity index (χ2v) is 4.16. The van der Waals surface area contributed by atoms with Gasteiger partial charge in [-0.2, -0.15) is 8.42 Å². The van der Waals surface area contributed by atoms with E-state index in [1.54, 1.807) is 0 Å². The molecule has 5 nitrogen and oxygen atoms in total. The molecule has 0 radical (unpaired) electrons. The molecule has 1 heterocycles. The predicted octanol–water partition coefficient (Wildman–Crippen LogP) is 1.15. The first kappa shape index (κ1) is 10.9. The Kier molecular flexibility index (Phi) is 3.43. The van der Waals surface area contributed by atoms with E-state index in [4.69, 9.17) is 4.55 Å². The monoisotopic (exact) mass is 216 g/mol. The van der Waals surface area contributed by atoms with Crippen molar-refractivity contribution in [2.24, 2.45) is 0 Å². The van der Waals surface area contributed by atoms with Crippen LogP contribution < -0.4 is 5.32 Å². The molecule has 78 valence electrons. The topological polar surface area (TPSA) is 79.3 Å². The lowest BCUT2D eigenvalue weighted by molar-refractivity contribution is 0.483. The molecule has 0 saturated heterocycles. The van der Waals surface area contributed by atoms with Gasteiger partial charge in [0, 0.05) is 12.7 Å². The van der Waals surface area contributed by atoms with Crippen LogP contribution in [0, 0.1) is 0 Å². The normalized spacial score (nSPS) is 11.3. The van der Waals surface area contributed by atoms with Crippen LogP contribution in [0.25, 0.3) is 0 Å². The maximum atomic E-state index is 10.9. The highest BCUT2D eigenvalue weighted by molar-refractivity contribution is 7.86. The van der Waals surface area contributed by atoms with Crippen molar-refractivity contribution in [3.05, 3.63) is 18.5 Å². The van der Waals surface area contributed by atoms with Gasteiger partial charge in [0.25, 0.3) is 10.1 Å². The van der Waals surface area contributed by atoms with Crippen molar-refractivity contribution in [2.75, 3.05) is 11.9 Å². The molecule has 1 aromatic rings. The first-order chi connectivity index (χ1) is 6.55. The molecule has 0 atom stereocenters. The summed E-state index contributed by atoms with van der Waals surface area (Å²) in [4.78, 5) is 3.45. The molecule has 1 rings (SSSR count). The highest BCUT2D eigenvalue weighted by Gasteiger charge is 2.14. The lowest BCUT2D eigenvalue weighted by Gasteiger charge is -2.07. The molecule has 0 fully saturated rings. The molecular weight excluding hydrogens is 204 g/mol. The van der Waals surface area contributed by atoms with Crippen molar-refractivity contribution in [2.45, 2.75) is 18.2 Å². The Bertz CT molecular complexity index is 403. The molecule has 0 bridgehead atoms. The Morgan fingerprint density at radius 2 is 2.29 bits per heavy atom. The van der Waals surface area contributed by atoms with Gasteiger partial charge in [0.05, 0.1) is 11.9 Å². The maximum absolute atomic E-state index is 10.9. The highest BCUT2D eigenvalue weighted by Crippen LogP contribution is 2.18. The number of nitrogens with zero attached hydrogens (tertiary/aromatic N) is 1. The van der Waals surface area contributed by atoms with E-state index in [9.17, 15) is 8.42 Å². The third-order valence-corrected chi connectivity index (χ3v) is 2.51. The van der Waals surface area contributed by atoms with Gasteiger partial charge < -0.3 is 5.32 Å². The largest absolute Gasteiger partial charge is 0.384 e. The Morgan fingerprint density at radius 3 is 2.86 bits per heavy atom. The van der Waals surface area contributed by atoms with Gasteiger partial charge in [-0.15, -0.1) is 0 Å². The summed E-state index contributed by atoms with van der Waals surface area (Å²) in [5, 5.41) is 2.89. The van der Waals surface area contributed by atoms with Crippen LogP contribution in [-0.4, -0.2) is 24.5 Å². The summed E-state index contributed by atoms with van der Waals surface area (Å²) >= 11 is 0. The number of rotatable bonds is 4. The summed E-state index contributed by atoms with van der Waals surface area (Å²) in [7, 11) is -4.19. The fraction of sp³-hybridized carbons (Fsp3) is 0.375. The maximum Gasteiger partial charge on any atom is 0.298 e. The average Bonchev–Trinajstić information content (AvgIpc) is 2.14. The molecule has 0 aliphatic rings. The molecule has 1 aromatic heterocycles. The number of nitrogens with one attached hydrogen (secondary N) is 1. The summed E-state index contributed by atoms with van der Waals surface area (Å²) < 4.78 is 30.6. The van der Waals surface area contributed by atoms with Crippen LogP contribution >= 0.6 is 0 Å². The first-order valence-corrected chi connectivity index (χ1v) is 5.65. The van der Waals surface area contributed by atoms with Crippen LogP contribution in [0.4, 0.5) is 5.69 Å². The number of hydrogen-bond acceptors (Lipinski definition) is 4. The fourth-order valence-electron chi connectivity index (χ4n) is 0.991. The van der Waals surface area contributed by atoms with Crippen LogP contribution in [0.3, 0.4) is 0 Å². The number of pyridine rings is 1. The minimum absolute atomic E-state index is 0.187. The van der Waals surface area contributed by atoms with Gasteiger partial charge in [-0.3, -0.25) is 9.54 Å². The van der Waals surface area contributed by atoms with Crippen molar-refractivity contribution in [1.82, 2.24) is 4.98 Å². The van der Waals surface area contributed by atoms with Crippen molar-refractivity contribution < 1.29 is 13.0 Å². The number of hydrogen-bond donors (Lipinski definition) is 2. The van der Waals surface area contributed by atoms with Crippen LogP contribution in [0.1, 0.15) is 13.3 Å². The molecule has 0 aromatic carbocycles. The molecule has 0 aliphatic carbocycles. The second-order valence-electron chi connectivity index (χ2n) is 2.77. The van der Waals surface area contributed by atoms with E-state index in [1.807, 2.05) is 6.92 Å². The lowest BCUT2D eigenvalue weighted by Crippen LogP contribution is -2.07. The van der Waals surface area contributed by atoms with Gasteiger partial charge in [-0.1, -0.05) is 6.92 Å². The predicted molar refractivity (Wildman–Crippen MR) is 52.8 cm³/mol. The van der Waals surface area contributed by atoms with Crippen LogP contribution in [0.5, 0.6) is 0 Å². The molecule has 6 heteroatoms. The Balaban J connectivity index is 3.04. The minimum atomic E-state index is -4.19. The minimum Gasteiger partial charge on any atom is -0.384 e. The summed E-state index contributed by atoms with van der Waals surface area (Å²) in [6.07, 6.45) is 3.45. The summed E-state index contributed by atoms with van der Waals surface area (Å²) in [5.41, 5.74) is 0.379. The fourth-order valence-corrected chi connectivity index (χ4v) is 1.60. The Labute approximate surface area is 82.9 Å². The van der Waals surface area contributed by atoms with Gasteiger partial charge >= 0.3 is 0 Å². The Hall–Kier alpha value is -1.14. The highest BCUT2D eigenvalue weighted by atomic mass is 32.2. The number of anilines is 1. The van der Waals surface area contributed by atoms with Crippen molar-refractivity contribution in [1.29, 1.82) is 0 Å². The van der Waals surface area contributed by atoms with Crippen LogP contribution in [-0.2, 0) is 10.1 Å². The average molecular weight is 216 g/mol. The molecule has 0 aliphatic heterocycles. The lowest BCUT2D eigenvalue weighted by atomic mass is 10.4. The quantitative estimate of drug-likeness (QED) is 0.738. The van der Waals surface area contributed by atoms with Gasteiger partial charge in [-0.25, -0.2) is 0 Å². The van der Waals surface area contributed by atoms with E-state index in [2.05, 4.69) is 10.3 Å². The molecule has 0 saturated carbocycles. The van der Waals surface area contributed by atoms with Gasteiger partial charge in [0.2, 0.25) is 0 Å². The third kappa shape index (κ3) is 2.68. The van der Waals surface area contributed by atoms with E-state index in [-0.39, 0.29) is 4.90 Å². The van der Waals surface area contributed by atoms with Gasteiger partial charge in [-0.05, 0) is 12.5 Å².